The molecule has 2 aromatic rings. The van der Waals surface area contributed by atoms with E-state index in [0.717, 1.165) is 0 Å². The molecule has 1 atom stereocenters. The van der Waals surface area contributed by atoms with Crippen molar-refractivity contribution >= 4 is 17.5 Å². The highest BCUT2D eigenvalue weighted by Gasteiger charge is 2.20. The second kappa shape index (κ2) is 9.16. The Bertz CT molecular complexity index is 775. The van der Waals surface area contributed by atoms with E-state index in [2.05, 4.69) is 5.16 Å². The Balaban J connectivity index is 1.91. The molecule has 0 bridgehead atoms. The van der Waals surface area contributed by atoms with E-state index >= 15 is 0 Å². The molecule has 0 aliphatic rings. The number of oxime groups is 1. The van der Waals surface area contributed by atoms with Crippen LogP contribution >= 0.6 is 0 Å². The van der Waals surface area contributed by atoms with Gasteiger partial charge in [0.05, 0.1) is 4.92 Å². The van der Waals surface area contributed by atoms with Gasteiger partial charge in [-0.15, -0.1) is 0 Å². The second-order valence-corrected chi connectivity index (χ2v) is 5.42. The number of rotatable bonds is 8. The van der Waals surface area contributed by atoms with Gasteiger partial charge in [-0.3, -0.25) is 10.1 Å². The summed E-state index contributed by atoms with van der Waals surface area (Å²) in [5, 5.41) is 14.2. The summed E-state index contributed by atoms with van der Waals surface area (Å²) in [7, 11) is 0. The van der Waals surface area contributed by atoms with Gasteiger partial charge in [-0.1, -0.05) is 42.4 Å². The van der Waals surface area contributed by atoms with E-state index in [9.17, 15) is 14.9 Å². The topological polar surface area (TPSA) is 117 Å². The number of para-hydroxylation sites is 1. The maximum Gasteiger partial charge on any atom is 0.375 e. The molecule has 136 valence electrons. The number of nitrogens with zero attached hydrogens (tertiary/aromatic N) is 2. The average molecular weight is 357 g/mol. The van der Waals surface area contributed by atoms with Crippen molar-refractivity contribution in [1.82, 2.24) is 0 Å². The van der Waals surface area contributed by atoms with E-state index in [0.29, 0.717) is 17.7 Å². The lowest BCUT2D eigenvalue weighted by Gasteiger charge is -2.14. The molecule has 0 fully saturated rings. The molecule has 0 aromatic heterocycles. The van der Waals surface area contributed by atoms with Crippen molar-refractivity contribution in [2.75, 3.05) is 0 Å². The van der Waals surface area contributed by atoms with Gasteiger partial charge in [0.1, 0.15) is 11.6 Å². The van der Waals surface area contributed by atoms with Crippen LogP contribution in [0.15, 0.2) is 59.8 Å². The van der Waals surface area contributed by atoms with Gasteiger partial charge in [-0.25, -0.2) is 4.79 Å². The molecule has 0 saturated heterocycles. The van der Waals surface area contributed by atoms with E-state index in [4.69, 9.17) is 15.3 Å². The summed E-state index contributed by atoms with van der Waals surface area (Å²) in [5.74, 6) is -0.0242. The maximum absolute atomic E-state index is 12.1. The van der Waals surface area contributed by atoms with Crippen LogP contribution in [-0.2, 0) is 16.1 Å². The average Bonchev–Trinajstić information content (AvgIpc) is 2.65. The predicted octanol–water partition coefficient (Wildman–Crippen LogP) is 2.81. The Hall–Kier alpha value is -3.42. The zero-order chi connectivity index (χ0) is 18.9. The third-order valence-corrected chi connectivity index (χ3v) is 3.44. The van der Waals surface area contributed by atoms with Crippen LogP contribution in [0.25, 0.3) is 0 Å². The van der Waals surface area contributed by atoms with Crippen LogP contribution in [0.3, 0.4) is 0 Å². The molecule has 0 heterocycles. The van der Waals surface area contributed by atoms with Crippen molar-refractivity contribution < 1.29 is 19.3 Å². The smallest absolute Gasteiger partial charge is 0.375 e. The van der Waals surface area contributed by atoms with Crippen LogP contribution in [0.5, 0.6) is 5.75 Å². The molecule has 26 heavy (non-hydrogen) atoms. The molecule has 0 aliphatic heterocycles. The second-order valence-electron chi connectivity index (χ2n) is 5.42. The zero-order valence-electron chi connectivity index (χ0n) is 14.2. The summed E-state index contributed by atoms with van der Waals surface area (Å²) in [6.45, 7) is 1.79. The molecule has 2 N–H and O–H groups in total. The van der Waals surface area contributed by atoms with E-state index in [1.54, 1.807) is 43.3 Å². The number of nitrogens with two attached hydrogens (primary N) is 1. The highest BCUT2D eigenvalue weighted by atomic mass is 16.7. The number of nitro benzene ring substituents is 1. The monoisotopic (exact) mass is 357 g/mol. The lowest BCUT2D eigenvalue weighted by atomic mass is 10.1. The molecule has 0 unspecified atom stereocenters. The first-order valence-electron chi connectivity index (χ1n) is 7.97. The number of hydrogen-bond acceptors (Lipinski definition) is 6. The molecular weight excluding hydrogens is 338 g/mol. The molecule has 0 aliphatic carbocycles. The van der Waals surface area contributed by atoms with Crippen molar-refractivity contribution in [1.29, 1.82) is 0 Å². The van der Waals surface area contributed by atoms with Crippen molar-refractivity contribution in [3.05, 3.63) is 70.3 Å². The first-order chi connectivity index (χ1) is 12.5. The minimum Gasteiger partial charge on any atom is -0.479 e. The van der Waals surface area contributed by atoms with Gasteiger partial charge in [0.15, 0.2) is 6.10 Å². The first-order valence-corrected chi connectivity index (χ1v) is 7.97. The molecule has 2 rings (SSSR count). The SMILES string of the molecule is CC[C@H](Oc1ccccc1)C(=O)O/N=C(/N)Cc1ccc([N+](=O)[O-])cc1. The molecular formula is C18H19N3O5. The lowest BCUT2D eigenvalue weighted by Crippen LogP contribution is -2.28. The Morgan fingerprint density at radius 3 is 2.42 bits per heavy atom. The molecule has 0 saturated carbocycles. The summed E-state index contributed by atoms with van der Waals surface area (Å²) in [4.78, 5) is 27.1. The number of hydrogen-bond donors (Lipinski definition) is 1. The van der Waals surface area contributed by atoms with Crippen molar-refractivity contribution in [3.8, 4) is 5.75 Å². The summed E-state index contributed by atoms with van der Waals surface area (Å²) < 4.78 is 5.56. The van der Waals surface area contributed by atoms with Crippen LogP contribution in [0.4, 0.5) is 5.69 Å². The number of non-ortho nitro benzene ring substituents is 1. The quantitative estimate of drug-likeness (QED) is 0.255. The van der Waals surface area contributed by atoms with Crippen LogP contribution < -0.4 is 10.5 Å². The highest BCUT2D eigenvalue weighted by molar-refractivity contribution is 5.83. The van der Waals surface area contributed by atoms with Crippen molar-refractivity contribution in [2.45, 2.75) is 25.9 Å². The molecule has 0 radical (unpaired) electrons. The maximum atomic E-state index is 12.1. The van der Waals surface area contributed by atoms with Gasteiger partial charge in [0.25, 0.3) is 5.69 Å². The Kier molecular flexibility index (Phi) is 6.67. The molecule has 2 aromatic carbocycles. The highest BCUT2D eigenvalue weighted by Crippen LogP contribution is 2.14. The molecule has 0 spiro atoms. The fourth-order valence-electron chi connectivity index (χ4n) is 2.10. The summed E-state index contributed by atoms with van der Waals surface area (Å²) in [6.07, 6.45) is -0.194. The number of amidine groups is 1. The number of carbonyl (C=O) groups is 1. The lowest BCUT2D eigenvalue weighted by molar-refractivity contribution is -0.384. The largest absolute Gasteiger partial charge is 0.479 e. The van der Waals surface area contributed by atoms with Gasteiger partial charge in [-0.2, -0.15) is 0 Å². The van der Waals surface area contributed by atoms with E-state index < -0.39 is 17.0 Å². The van der Waals surface area contributed by atoms with Crippen LogP contribution in [-0.4, -0.2) is 22.8 Å². The predicted molar refractivity (Wildman–Crippen MR) is 95.7 cm³/mol. The van der Waals surface area contributed by atoms with Crippen LogP contribution in [0, 0.1) is 10.1 Å². The van der Waals surface area contributed by atoms with E-state index in [1.165, 1.54) is 12.1 Å². The van der Waals surface area contributed by atoms with E-state index in [-0.39, 0.29) is 17.9 Å². The van der Waals surface area contributed by atoms with Gasteiger partial charge >= 0.3 is 5.97 Å². The number of carbonyl (C=O) groups excluding carboxylic acids is 1. The van der Waals surface area contributed by atoms with Gasteiger partial charge in [0.2, 0.25) is 0 Å². The van der Waals surface area contributed by atoms with E-state index in [1.807, 2.05) is 6.07 Å². The molecule has 8 heteroatoms. The normalized spacial score (nSPS) is 12.3. The van der Waals surface area contributed by atoms with Crippen LogP contribution in [0.1, 0.15) is 18.9 Å². The Labute approximate surface area is 150 Å². The fourth-order valence-corrected chi connectivity index (χ4v) is 2.10. The minimum absolute atomic E-state index is 0.0143. The number of benzene rings is 2. The summed E-state index contributed by atoms with van der Waals surface area (Å²) >= 11 is 0. The van der Waals surface area contributed by atoms with Crippen molar-refractivity contribution in [2.24, 2.45) is 10.9 Å². The summed E-state index contributed by atoms with van der Waals surface area (Å²) in [5.41, 5.74) is 6.44. The van der Waals surface area contributed by atoms with Crippen molar-refractivity contribution in [3.63, 3.8) is 0 Å². The standard InChI is InChI=1S/C18H19N3O5/c1-2-16(25-15-6-4-3-5-7-15)18(22)26-20-17(19)12-13-8-10-14(11-9-13)21(23)24/h3-11,16H,2,12H2,1H3,(H2,19,20)/t16-/m0/s1. The summed E-state index contributed by atoms with van der Waals surface area (Å²) in [6, 6.07) is 14.8. The number of nitro groups is 1. The zero-order valence-corrected chi connectivity index (χ0v) is 14.2. The van der Waals surface area contributed by atoms with Gasteiger partial charge in [0, 0.05) is 18.6 Å². The third-order valence-electron chi connectivity index (χ3n) is 3.44. The van der Waals surface area contributed by atoms with Gasteiger partial charge in [-0.05, 0) is 24.1 Å². The third kappa shape index (κ3) is 5.59. The minimum atomic E-state index is -0.798. The fraction of sp³-hybridized carbons (Fsp3) is 0.222. The number of ether oxygens (including phenoxy) is 1. The molecule has 8 nitrogen and oxygen atoms in total. The van der Waals surface area contributed by atoms with Gasteiger partial charge < -0.3 is 15.3 Å². The first kappa shape index (κ1) is 18.9. The van der Waals surface area contributed by atoms with Crippen LogP contribution in [0.2, 0.25) is 0 Å². The Morgan fingerprint density at radius 1 is 1.19 bits per heavy atom. The Morgan fingerprint density at radius 2 is 1.85 bits per heavy atom. The molecule has 0 amide bonds.